The van der Waals surface area contributed by atoms with Crippen molar-refractivity contribution in [3.8, 4) is 0 Å². The lowest BCUT2D eigenvalue weighted by Gasteiger charge is -2.30. The van der Waals surface area contributed by atoms with E-state index in [1.54, 1.807) is 17.9 Å². The second kappa shape index (κ2) is 6.59. The Kier molecular flexibility index (Phi) is 4.36. The summed E-state index contributed by atoms with van der Waals surface area (Å²) in [4.78, 5) is 17.9. The molecule has 1 saturated heterocycles. The highest BCUT2D eigenvalue weighted by atomic mass is 16.6. The third-order valence-electron chi connectivity index (χ3n) is 3.61. The van der Waals surface area contributed by atoms with Crippen molar-refractivity contribution < 1.29 is 18.6 Å². The van der Waals surface area contributed by atoms with Crippen molar-refractivity contribution in [2.75, 3.05) is 19.7 Å². The van der Waals surface area contributed by atoms with Crippen LogP contribution in [0.25, 0.3) is 0 Å². The van der Waals surface area contributed by atoms with Crippen molar-refractivity contribution in [3.63, 3.8) is 0 Å². The molecule has 0 N–H and O–H groups in total. The number of nitrogens with zero attached hydrogens (tertiary/aromatic N) is 4. The van der Waals surface area contributed by atoms with Crippen LogP contribution in [0.4, 0.5) is 4.79 Å². The maximum Gasteiger partial charge on any atom is 0.409 e. The Bertz CT molecular complexity index is 610. The number of amides is 1. The number of hydrogen-bond donors (Lipinski definition) is 0. The summed E-state index contributed by atoms with van der Waals surface area (Å²) in [5.41, 5.74) is 0.754. The molecule has 8 heteroatoms. The zero-order chi connectivity index (χ0) is 15.4. The summed E-state index contributed by atoms with van der Waals surface area (Å²) in [5, 5.41) is 7.79. The fraction of sp³-hybridized carbons (Fsp3) is 0.571. The van der Waals surface area contributed by atoms with Crippen molar-refractivity contribution in [2.24, 2.45) is 0 Å². The zero-order valence-corrected chi connectivity index (χ0v) is 12.4. The van der Waals surface area contributed by atoms with Crippen LogP contribution in [0.3, 0.4) is 0 Å². The minimum atomic E-state index is -0.283. The van der Waals surface area contributed by atoms with E-state index in [2.05, 4.69) is 15.3 Å². The molecule has 1 atom stereocenters. The first kappa shape index (κ1) is 14.6. The van der Waals surface area contributed by atoms with Crippen LogP contribution in [0.15, 0.2) is 21.4 Å². The van der Waals surface area contributed by atoms with Crippen LogP contribution in [0, 0.1) is 0 Å². The SMILES string of the molecule is CCOC(=O)N1CCCC(c2nc(Cc3ccon3)no2)C1. The first-order valence-corrected chi connectivity index (χ1v) is 7.39. The van der Waals surface area contributed by atoms with Crippen LogP contribution in [0.5, 0.6) is 0 Å². The van der Waals surface area contributed by atoms with Crippen LogP contribution in [-0.4, -0.2) is 46.0 Å². The van der Waals surface area contributed by atoms with E-state index in [9.17, 15) is 4.79 Å². The standard InChI is InChI=1S/C14H18N4O4/c1-2-20-14(19)18-6-3-4-10(9-18)13-15-12(17-22-13)8-11-5-7-21-16-11/h5,7,10H,2-4,6,8-9H2,1H3. The van der Waals surface area contributed by atoms with Gasteiger partial charge in [-0.1, -0.05) is 10.3 Å². The topological polar surface area (TPSA) is 94.5 Å². The summed E-state index contributed by atoms with van der Waals surface area (Å²) in [6, 6.07) is 1.76. The highest BCUT2D eigenvalue weighted by molar-refractivity contribution is 5.67. The van der Waals surface area contributed by atoms with Crippen molar-refractivity contribution >= 4 is 6.09 Å². The minimum Gasteiger partial charge on any atom is -0.450 e. The summed E-state index contributed by atoms with van der Waals surface area (Å²) in [7, 11) is 0. The molecule has 118 valence electrons. The van der Waals surface area contributed by atoms with Gasteiger partial charge in [0.15, 0.2) is 5.82 Å². The molecule has 22 heavy (non-hydrogen) atoms. The van der Waals surface area contributed by atoms with Gasteiger partial charge in [-0.25, -0.2) is 4.79 Å². The quantitative estimate of drug-likeness (QED) is 0.852. The van der Waals surface area contributed by atoms with Crippen LogP contribution < -0.4 is 0 Å². The number of aromatic nitrogens is 3. The summed E-state index contributed by atoms with van der Waals surface area (Å²) in [6.07, 6.45) is 3.50. The zero-order valence-electron chi connectivity index (χ0n) is 12.4. The van der Waals surface area contributed by atoms with E-state index in [0.29, 0.717) is 37.8 Å². The smallest absolute Gasteiger partial charge is 0.409 e. The maximum atomic E-state index is 11.8. The van der Waals surface area contributed by atoms with E-state index in [-0.39, 0.29) is 12.0 Å². The molecule has 1 aliphatic rings. The van der Waals surface area contributed by atoms with Crippen molar-refractivity contribution in [3.05, 3.63) is 29.7 Å². The molecule has 0 saturated carbocycles. The van der Waals surface area contributed by atoms with Crippen molar-refractivity contribution in [1.82, 2.24) is 20.2 Å². The van der Waals surface area contributed by atoms with Crippen LogP contribution in [0.2, 0.25) is 0 Å². The number of ether oxygens (including phenoxy) is 1. The fourth-order valence-electron chi connectivity index (χ4n) is 2.56. The van der Waals surface area contributed by atoms with Gasteiger partial charge in [0.1, 0.15) is 6.26 Å². The lowest BCUT2D eigenvalue weighted by molar-refractivity contribution is 0.0930. The van der Waals surface area contributed by atoms with Gasteiger partial charge in [-0.05, 0) is 19.8 Å². The molecule has 0 bridgehead atoms. The van der Waals surface area contributed by atoms with E-state index in [1.807, 2.05) is 0 Å². The van der Waals surface area contributed by atoms with Gasteiger partial charge >= 0.3 is 6.09 Å². The summed E-state index contributed by atoms with van der Waals surface area (Å²) >= 11 is 0. The Morgan fingerprint density at radius 3 is 3.18 bits per heavy atom. The number of carbonyl (C=O) groups is 1. The van der Waals surface area contributed by atoms with Crippen LogP contribution >= 0.6 is 0 Å². The van der Waals surface area contributed by atoms with Crippen LogP contribution in [0.1, 0.15) is 43.1 Å². The minimum absolute atomic E-state index is 0.0525. The molecule has 1 amide bonds. The molecule has 1 unspecified atom stereocenters. The maximum absolute atomic E-state index is 11.8. The Morgan fingerprint density at radius 2 is 2.41 bits per heavy atom. The number of carbonyl (C=O) groups excluding carboxylic acids is 1. The third-order valence-corrected chi connectivity index (χ3v) is 3.61. The molecule has 2 aromatic rings. The molecule has 0 aromatic carbocycles. The second-order valence-corrected chi connectivity index (χ2v) is 5.20. The number of likely N-dealkylation sites (tertiary alicyclic amines) is 1. The molecular formula is C14H18N4O4. The number of rotatable bonds is 4. The van der Waals surface area contributed by atoms with Gasteiger partial charge in [0.05, 0.1) is 24.6 Å². The first-order valence-electron chi connectivity index (χ1n) is 7.39. The normalized spacial score (nSPS) is 18.4. The Hall–Kier alpha value is -2.38. The predicted molar refractivity (Wildman–Crippen MR) is 74.2 cm³/mol. The van der Waals surface area contributed by atoms with Gasteiger partial charge < -0.3 is 18.7 Å². The van der Waals surface area contributed by atoms with E-state index in [4.69, 9.17) is 13.8 Å². The van der Waals surface area contributed by atoms with Crippen molar-refractivity contribution in [1.29, 1.82) is 0 Å². The monoisotopic (exact) mass is 306 g/mol. The average Bonchev–Trinajstić information content (AvgIpc) is 3.20. The van der Waals surface area contributed by atoms with E-state index in [0.717, 1.165) is 18.5 Å². The molecule has 1 aliphatic heterocycles. The lowest BCUT2D eigenvalue weighted by Crippen LogP contribution is -2.39. The molecule has 3 heterocycles. The van der Waals surface area contributed by atoms with E-state index < -0.39 is 0 Å². The van der Waals surface area contributed by atoms with Gasteiger partial charge in [-0.2, -0.15) is 4.98 Å². The van der Waals surface area contributed by atoms with E-state index in [1.165, 1.54) is 6.26 Å². The highest BCUT2D eigenvalue weighted by Gasteiger charge is 2.29. The fourth-order valence-corrected chi connectivity index (χ4v) is 2.56. The lowest BCUT2D eigenvalue weighted by atomic mass is 9.98. The number of piperidine rings is 1. The Labute approximate surface area is 127 Å². The number of hydrogen-bond acceptors (Lipinski definition) is 7. The van der Waals surface area contributed by atoms with Crippen molar-refractivity contribution in [2.45, 2.75) is 32.1 Å². The molecule has 8 nitrogen and oxygen atoms in total. The van der Waals surface area contributed by atoms with Crippen LogP contribution in [-0.2, 0) is 11.2 Å². The molecule has 2 aromatic heterocycles. The van der Waals surface area contributed by atoms with E-state index >= 15 is 0 Å². The first-order chi connectivity index (χ1) is 10.8. The second-order valence-electron chi connectivity index (χ2n) is 5.20. The summed E-state index contributed by atoms with van der Waals surface area (Å²) < 4.78 is 15.2. The van der Waals surface area contributed by atoms with Gasteiger partial charge in [-0.3, -0.25) is 0 Å². The molecule has 3 rings (SSSR count). The summed E-state index contributed by atoms with van der Waals surface area (Å²) in [6.45, 7) is 3.43. The third kappa shape index (κ3) is 3.26. The van der Waals surface area contributed by atoms with Gasteiger partial charge in [0.25, 0.3) is 0 Å². The molecule has 0 radical (unpaired) electrons. The van der Waals surface area contributed by atoms with Gasteiger partial charge in [0.2, 0.25) is 5.89 Å². The molecular weight excluding hydrogens is 288 g/mol. The van der Waals surface area contributed by atoms with Gasteiger partial charge in [0, 0.05) is 19.2 Å². The Balaban J connectivity index is 1.63. The van der Waals surface area contributed by atoms with Gasteiger partial charge in [-0.15, -0.1) is 0 Å². The predicted octanol–water partition coefficient (Wildman–Crippen LogP) is 1.98. The Morgan fingerprint density at radius 1 is 1.50 bits per heavy atom. The largest absolute Gasteiger partial charge is 0.450 e. The molecule has 1 fully saturated rings. The molecule has 0 aliphatic carbocycles. The summed E-state index contributed by atoms with van der Waals surface area (Å²) in [5.74, 6) is 1.18. The average molecular weight is 306 g/mol. The highest BCUT2D eigenvalue weighted by Crippen LogP contribution is 2.26. The molecule has 0 spiro atoms.